The van der Waals surface area contributed by atoms with E-state index in [1.807, 2.05) is 0 Å². The van der Waals surface area contributed by atoms with Crippen molar-refractivity contribution in [3.05, 3.63) is 12.2 Å². The van der Waals surface area contributed by atoms with E-state index in [9.17, 15) is 9.59 Å². The topological polar surface area (TPSA) is 99.2 Å². The Bertz CT molecular complexity index is 389. The lowest BCUT2D eigenvalue weighted by molar-refractivity contribution is -0.143. The number of hydrogen-bond donors (Lipinski definition) is 2. The molecular weight excluding hydrogens is 212 g/mol. The number of aromatic amines is 1. The third-order valence-electron chi connectivity index (χ3n) is 2.67. The first-order chi connectivity index (χ1) is 7.70. The lowest BCUT2D eigenvalue weighted by Gasteiger charge is -2.32. The molecule has 0 spiro atoms. The van der Waals surface area contributed by atoms with E-state index in [0.717, 1.165) is 12.8 Å². The normalized spacial score (nSPS) is 20.8. The van der Waals surface area contributed by atoms with Gasteiger partial charge in [0.1, 0.15) is 12.4 Å². The van der Waals surface area contributed by atoms with Crippen LogP contribution < -0.4 is 0 Å². The quantitative estimate of drug-likeness (QED) is 0.729. The molecule has 0 bridgehead atoms. The molecule has 1 atom stereocenters. The lowest BCUT2D eigenvalue weighted by atomic mass is 10.0. The molecule has 7 heteroatoms. The number of amides is 1. The number of aliphatic carboxylic acids is 1. The number of aromatic nitrogens is 3. The summed E-state index contributed by atoms with van der Waals surface area (Å²) in [5, 5.41) is 15.0. The Hall–Kier alpha value is -1.92. The summed E-state index contributed by atoms with van der Waals surface area (Å²) in [5.74, 6) is -1.27. The molecule has 1 aromatic heterocycles. The monoisotopic (exact) mass is 224 g/mol. The van der Waals surface area contributed by atoms with Crippen molar-refractivity contribution in [2.75, 3.05) is 6.54 Å². The Morgan fingerprint density at radius 2 is 2.31 bits per heavy atom. The van der Waals surface area contributed by atoms with Crippen molar-refractivity contribution in [3.8, 4) is 0 Å². The molecule has 0 aromatic carbocycles. The minimum Gasteiger partial charge on any atom is -0.480 e. The van der Waals surface area contributed by atoms with Crippen molar-refractivity contribution in [2.24, 2.45) is 0 Å². The zero-order chi connectivity index (χ0) is 11.5. The minimum absolute atomic E-state index is 0.0909. The third kappa shape index (κ3) is 1.88. The highest BCUT2D eigenvalue weighted by molar-refractivity contribution is 5.93. The Kier molecular flexibility index (Phi) is 2.84. The maximum atomic E-state index is 11.9. The smallest absolute Gasteiger partial charge is 0.326 e. The van der Waals surface area contributed by atoms with Gasteiger partial charge in [0.2, 0.25) is 5.82 Å². The average Bonchev–Trinajstić information content (AvgIpc) is 2.81. The van der Waals surface area contributed by atoms with Gasteiger partial charge in [-0.05, 0) is 19.3 Å². The van der Waals surface area contributed by atoms with Gasteiger partial charge in [0.15, 0.2) is 0 Å². The predicted octanol–water partition coefficient (Wildman–Crippen LogP) is -0.116. The summed E-state index contributed by atoms with van der Waals surface area (Å²) < 4.78 is 0. The average molecular weight is 224 g/mol. The molecule has 1 amide bonds. The first-order valence-electron chi connectivity index (χ1n) is 5.09. The molecule has 16 heavy (non-hydrogen) atoms. The summed E-state index contributed by atoms with van der Waals surface area (Å²) in [5.41, 5.74) is 0. The highest BCUT2D eigenvalue weighted by Gasteiger charge is 2.33. The van der Waals surface area contributed by atoms with E-state index in [1.54, 1.807) is 0 Å². The summed E-state index contributed by atoms with van der Waals surface area (Å²) in [6.07, 6.45) is 3.38. The van der Waals surface area contributed by atoms with Gasteiger partial charge >= 0.3 is 5.97 Å². The second-order valence-electron chi connectivity index (χ2n) is 3.68. The molecule has 0 saturated carbocycles. The van der Waals surface area contributed by atoms with Crippen molar-refractivity contribution < 1.29 is 14.7 Å². The number of H-pyrrole nitrogens is 1. The van der Waals surface area contributed by atoms with Crippen LogP contribution >= 0.6 is 0 Å². The number of carbonyl (C=O) groups is 2. The molecule has 2 heterocycles. The number of carboxylic acid groups (broad SMARTS) is 1. The maximum absolute atomic E-state index is 11.9. The van der Waals surface area contributed by atoms with Crippen molar-refractivity contribution in [1.82, 2.24) is 20.1 Å². The molecule has 1 fully saturated rings. The van der Waals surface area contributed by atoms with E-state index < -0.39 is 17.9 Å². The van der Waals surface area contributed by atoms with E-state index >= 15 is 0 Å². The van der Waals surface area contributed by atoms with Crippen LogP contribution in [-0.4, -0.2) is 49.7 Å². The molecule has 1 aliphatic heterocycles. The van der Waals surface area contributed by atoms with Gasteiger partial charge < -0.3 is 10.0 Å². The van der Waals surface area contributed by atoms with Gasteiger partial charge in [-0.3, -0.25) is 9.89 Å². The van der Waals surface area contributed by atoms with Gasteiger partial charge in [0.05, 0.1) is 0 Å². The summed E-state index contributed by atoms with van der Waals surface area (Å²) >= 11 is 0. The number of carboxylic acids is 1. The van der Waals surface area contributed by atoms with Crippen molar-refractivity contribution in [1.29, 1.82) is 0 Å². The molecule has 86 valence electrons. The Morgan fingerprint density at radius 1 is 1.50 bits per heavy atom. The van der Waals surface area contributed by atoms with Crippen LogP contribution in [-0.2, 0) is 4.79 Å². The largest absolute Gasteiger partial charge is 0.480 e. The van der Waals surface area contributed by atoms with Gasteiger partial charge in [0, 0.05) is 6.54 Å². The predicted molar refractivity (Wildman–Crippen MR) is 52.7 cm³/mol. The molecule has 0 aliphatic carbocycles. The zero-order valence-electron chi connectivity index (χ0n) is 8.59. The van der Waals surface area contributed by atoms with Crippen LogP contribution in [0.15, 0.2) is 6.33 Å². The van der Waals surface area contributed by atoms with Crippen LogP contribution in [0.2, 0.25) is 0 Å². The standard InChI is InChI=1S/C9H12N4O3/c14-8(7-10-5-11-12-7)13-4-2-1-3-6(13)9(15)16/h5-6H,1-4H2,(H,15,16)(H,10,11,12). The summed E-state index contributed by atoms with van der Waals surface area (Å²) in [6.45, 7) is 0.455. The number of likely N-dealkylation sites (tertiary alicyclic amines) is 1. The summed E-state index contributed by atoms with van der Waals surface area (Å²) in [4.78, 5) is 28.0. The third-order valence-corrected chi connectivity index (χ3v) is 2.67. The SMILES string of the molecule is O=C(O)C1CCCCN1C(=O)c1ncn[nH]1. The van der Waals surface area contributed by atoms with E-state index in [-0.39, 0.29) is 5.82 Å². The number of piperidine rings is 1. The second kappa shape index (κ2) is 4.30. The molecule has 7 nitrogen and oxygen atoms in total. The van der Waals surface area contributed by atoms with Gasteiger partial charge in [0.25, 0.3) is 5.91 Å². The van der Waals surface area contributed by atoms with Crippen LogP contribution in [0.1, 0.15) is 29.9 Å². The Morgan fingerprint density at radius 3 is 2.94 bits per heavy atom. The molecular formula is C9H12N4O3. The minimum atomic E-state index is -0.965. The van der Waals surface area contributed by atoms with Crippen LogP contribution in [0.5, 0.6) is 0 Å². The Labute approximate surface area is 91.5 Å². The highest BCUT2D eigenvalue weighted by atomic mass is 16.4. The number of hydrogen-bond acceptors (Lipinski definition) is 4. The van der Waals surface area contributed by atoms with Gasteiger partial charge in [-0.25, -0.2) is 9.78 Å². The zero-order valence-corrected chi connectivity index (χ0v) is 8.59. The summed E-state index contributed by atoms with van der Waals surface area (Å²) in [6, 6.07) is -0.744. The van der Waals surface area contributed by atoms with Crippen LogP contribution in [0.25, 0.3) is 0 Å². The molecule has 1 unspecified atom stereocenters. The molecule has 1 aromatic rings. The van der Waals surface area contributed by atoms with E-state index in [1.165, 1.54) is 11.2 Å². The summed E-state index contributed by atoms with van der Waals surface area (Å²) in [7, 11) is 0. The van der Waals surface area contributed by atoms with Crippen molar-refractivity contribution in [3.63, 3.8) is 0 Å². The fraction of sp³-hybridized carbons (Fsp3) is 0.556. The van der Waals surface area contributed by atoms with Crippen molar-refractivity contribution >= 4 is 11.9 Å². The van der Waals surface area contributed by atoms with Crippen LogP contribution in [0, 0.1) is 0 Å². The van der Waals surface area contributed by atoms with E-state index in [2.05, 4.69) is 15.2 Å². The van der Waals surface area contributed by atoms with E-state index in [0.29, 0.717) is 13.0 Å². The second-order valence-corrected chi connectivity index (χ2v) is 3.68. The van der Waals surface area contributed by atoms with Crippen LogP contribution in [0.3, 0.4) is 0 Å². The van der Waals surface area contributed by atoms with Gasteiger partial charge in [-0.1, -0.05) is 0 Å². The molecule has 2 N–H and O–H groups in total. The number of rotatable bonds is 2. The fourth-order valence-electron chi connectivity index (χ4n) is 1.88. The Balaban J connectivity index is 2.17. The molecule has 0 radical (unpaired) electrons. The lowest BCUT2D eigenvalue weighted by Crippen LogP contribution is -2.48. The molecule has 1 saturated heterocycles. The number of carbonyl (C=O) groups excluding carboxylic acids is 1. The first kappa shape index (κ1) is 10.6. The van der Waals surface area contributed by atoms with E-state index in [4.69, 9.17) is 5.11 Å². The van der Waals surface area contributed by atoms with Crippen LogP contribution in [0.4, 0.5) is 0 Å². The van der Waals surface area contributed by atoms with Gasteiger partial charge in [-0.2, -0.15) is 5.10 Å². The maximum Gasteiger partial charge on any atom is 0.326 e. The van der Waals surface area contributed by atoms with Crippen molar-refractivity contribution in [2.45, 2.75) is 25.3 Å². The molecule has 1 aliphatic rings. The number of nitrogens with one attached hydrogen (secondary N) is 1. The molecule has 2 rings (SSSR count). The number of nitrogens with zero attached hydrogens (tertiary/aromatic N) is 3. The first-order valence-corrected chi connectivity index (χ1v) is 5.09. The fourth-order valence-corrected chi connectivity index (χ4v) is 1.88. The highest BCUT2D eigenvalue weighted by Crippen LogP contribution is 2.18. The van der Waals surface area contributed by atoms with Gasteiger partial charge in [-0.15, -0.1) is 0 Å².